The summed E-state index contributed by atoms with van der Waals surface area (Å²) in [5.41, 5.74) is 11.9. The number of carbonyl (C=O) groups is 1. The molecule has 7 nitrogen and oxygen atoms in total. The summed E-state index contributed by atoms with van der Waals surface area (Å²) < 4.78 is 0. The summed E-state index contributed by atoms with van der Waals surface area (Å²) in [7, 11) is 0. The summed E-state index contributed by atoms with van der Waals surface area (Å²) in [4.78, 5) is 13.9. The molecule has 7 heteroatoms. The molecule has 0 aliphatic carbocycles. The van der Waals surface area contributed by atoms with E-state index in [9.17, 15) is 4.79 Å². The summed E-state index contributed by atoms with van der Waals surface area (Å²) in [6, 6.07) is 5.67. The SMILES string of the molecule is N#C/C(=N\Nc1cc2c3c(c1)CCC(=O)N3CCC2)C(=N)N. The topological polar surface area (TPSA) is 118 Å². The number of amides is 1. The first-order valence-electron chi connectivity index (χ1n) is 7.14. The van der Waals surface area contributed by atoms with E-state index in [1.807, 2.05) is 17.0 Å². The molecule has 2 aliphatic heterocycles. The van der Waals surface area contributed by atoms with Gasteiger partial charge in [-0.3, -0.25) is 15.6 Å². The van der Waals surface area contributed by atoms with Crippen molar-refractivity contribution in [1.82, 2.24) is 0 Å². The monoisotopic (exact) mass is 296 g/mol. The average Bonchev–Trinajstić information content (AvgIpc) is 2.51. The predicted octanol–water partition coefficient (Wildman–Crippen LogP) is 1.14. The Bertz CT molecular complexity index is 713. The van der Waals surface area contributed by atoms with E-state index in [0.717, 1.165) is 41.9 Å². The van der Waals surface area contributed by atoms with Gasteiger partial charge in [0, 0.05) is 13.0 Å². The van der Waals surface area contributed by atoms with E-state index in [2.05, 4.69) is 10.5 Å². The van der Waals surface area contributed by atoms with Gasteiger partial charge < -0.3 is 10.6 Å². The molecule has 0 fully saturated rings. The van der Waals surface area contributed by atoms with Crippen molar-refractivity contribution in [3.8, 4) is 6.07 Å². The molecule has 3 rings (SSSR count). The van der Waals surface area contributed by atoms with Crippen LogP contribution in [0.5, 0.6) is 0 Å². The number of rotatable bonds is 3. The van der Waals surface area contributed by atoms with Gasteiger partial charge in [-0.25, -0.2) is 0 Å². The van der Waals surface area contributed by atoms with Crippen LogP contribution in [0.15, 0.2) is 17.2 Å². The zero-order chi connectivity index (χ0) is 15.7. The van der Waals surface area contributed by atoms with Crippen molar-refractivity contribution in [3.63, 3.8) is 0 Å². The Morgan fingerprint density at radius 3 is 2.77 bits per heavy atom. The number of hydrogen-bond acceptors (Lipinski definition) is 5. The highest BCUT2D eigenvalue weighted by atomic mass is 16.2. The van der Waals surface area contributed by atoms with Crippen molar-refractivity contribution in [2.24, 2.45) is 10.8 Å². The van der Waals surface area contributed by atoms with E-state index < -0.39 is 0 Å². The highest BCUT2D eigenvalue weighted by Gasteiger charge is 2.29. The predicted molar refractivity (Wildman–Crippen MR) is 84.0 cm³/mol. The van der Waals surface area contributed by atoms with E-state index in [4.69, 9.17) is 16.4 Å². The molecule has 0 saturated heterocycles. The lowest BCUT2D eigenvalue weighted by atomic mass is 9.91. The van der Waals surface area contributed by atoms with Gasteiger partial charge in [-0.05, 0) is 42.5 Å². The van der Waals surface area contributed by atoms with Crippen molar-refractivity contribution >= 4 is 28.8 Å². The Kier molecular flexibility index (Phi) is 3.51. The largest absolute Gasteiger partial charge is 0.382 e. The molecule has 2 aliphatic rings. The van der Waals surface area contributed by atoms with E-state index in [-0.39, 0.29) is 17.5 Å². The summed E-state index contributed by atoms with van der Waals surface area (Å²) >= 11 is 0. The number of hydrazone groups is 1. The van der Waals surface area contributed by atoms with Gasteiger partial charge >= 0.3 is 0 Å². The van der Waals surface area contributed by atoms with E-state index >= 15 is 0 Å². The fourth-order valence-electron chi connectivity index (χ4n) is 2.98. The third-order valence-electron chi connectivity index (χ3n) is 3.93. The Balaban J connectivity index is 1.95. The molecule has 0 atom stereocenters. The molecule has 1 aromatic carbocycles. The van der Waals surface area contributed by atoms with Gasteiger partial charge in [0.1, 0.15) is 6.07 Å². The van der Waals surface area contributed by atoms with Crippen LogP contribution in [0, 0.1) is 16.7 Å². The van der Waals surface area contributed by atoms with Crippen LogP contribution in [0.4, 0.5) is 11.4 Å². The third kappa shape index (κ3) is 2.39. The number of amidine groups is 1. The normalized spacial score (nSPS) is 16.8. The standard InChI is InChI=1S/C15H16N6O/c16-8-12(15(17)18)20-19-11-6-9-2-1-5-21-13(22)4-3-10(7-11)14(9)21/h6-7,19H,1-5H2,(H3,17,18)/b20-12+. The van der Waals surface area contributed by atoms with Crippen molar-refractivity contribution in [3.05, 3.63) is 23.3 Å². The number of nitriles is 1. The Hall–Kier alpha value is -2.88. The maximum Gasteiger partial charge on any atom is 0.227 e. The maximum absolute atomic E-state index is 12.0. The van der Waals surface area contributed by atoms with Crippen molar-refractivity contribution in [2.45, 2.75) is 25.7 Å². The first kappa shape index (κ1) is 14.1. The molecule has 0 unspecified atom stereocenters. The van der Waals surface area contributed by atoms with Crippen molar-refractivity contribution < 1.29 is 4.79 Å². The first-order chi connectivity index (χ1) is 10.6. The number of benzene rings is 1. The zero-order valence-electron chi connectivity index (χ0n) is 12.0. The Morgan fingerprint density at radius 1 is 1.36 bits per heavy atom. The maximum atomic E-state index is 12.0. The van der Waals surface area contributed by atoms with Crippen LogP contribution in [0.2, 0.25) is 0 Å². The Labute approximate surface area is 127 Å². The van der Waals surface area contributed by atoms with Crippen LogP contribution in [0.1, 0.15) is 24.0 Å². The minimum Gasteiger partial charge on any atom is -0.382 e. The Morgan fingerprint density at radius 2 is 2.09 bits per heavy atom. The minimum atomic E-state index is -0.369. The number of nitrogens with one attached hydrogen (secondary N) is 2. The second-order valence-electron chi connectivity index (χ2n) is 5.39. The third-order valence-corrected chi connectivity index (χ3v) is 3.93. The molecule has 4 N–H and O–H groups in total. The highest BCUT2D eigenvalue weighted by Crippen LogP contribution is 2.37. The number of nitrogens with two attached hydrogens (primary N) is 1. The first-order valence-corrected chi connectivity index (χ1v) is 7.14. The van der Waals surface area contributed by atoms with Gasteiger partial charge in [-0.15, -0.1) is 0 Å². The molecular weight excluding hydrogens is 280 g/mol. The molecule has 1 aromatic rings. The number of anilines is 2. The lowest BCUT2D eigenvalue weighted by molar-refractivity contribution is -0.119. The van der Waals surface area contributed by atoms with Crippen LogP contribution in [0.3, 0.4) is 0 Å². The lowest BCUT2D eigenvalue weighted by Crippen LogP contribution is -2.39. The van der Waals surface area contributed by atoms with Crippen LogP contribution in [-0.2, 0) is 17.6 Å². The quantitative estimate of drug-likeness (QED) is 0.440. The zero-order valence-corrected chi connectivity index (χ0v) is 12.0. The van der Waals surface area contributed by atoms with Crippen molar-refractivity contribution in [1.29, 1.82) is 10.7 Å². The molecule has 1 amide bonds. The fourth-order valence-corrected chi connectivity index (χ4v) is 2.98. The van der Waals surface area contributed by atoms with Gasteiger partial charge in [-0.2, -0.15) is 10.4 Å². The lowest BCUT2D eigenvalue weighted by Gasteiger charge is -2.35. The number of hydrogen-bond donors (Lipinski definition) is 3. The minimum absolute atomic E-state index is 0.150. The van der Waals surface area contributed by atoms with Crippen LogP contribution in [0.25, 0.3) is 0 Å². The van der Waals surface area contributed by atoms with Gasteiger partial charge in [0.15, 0.2) is 5.84 Å². The fraction of sp³-hybridized carbons (Fsp3) is 0.333. The van der Waals surface area contributed by atoms with E-state index in [1.54, 1.807) is 6.07 Å². The summed E-state index contributed by atoms with van der Waals surface area (Å²) in [6.07, 6.45) is 3.11. The number of nitrogens with zero attached hydrogens (tertiary/aromatic N) is 3. The second-order valence-corrected chi connectivity index (χ2v) is 5.39. The number of carbonyl (C=O) groups excluding carboxylic acids is 1. The summed E-state index contributed by atoms with van der Waals surface area (Å²) in [5, 5.41) is 20.0. The molecule has 0 aromatic heterocycles. The van der Waals surface area contributed by atoms with E-state index in [1.165, 1.54) is 0 Å². The molecular formula is C15H16N6O. The smallest absolute Gasteiger partial charge is 0.227 e. The molecule has 0 radical (unpaired) electrons. The molecule has 0 spiro atoms. The molecule has 112 valence electrons. The van der Waals surface area contributed by atoms with E-state index in [0.29, 0.717) is 12.8 Å². The average molecular weight is 296 g/mol. The molecule has 0 bridgehead atoms. The molecule has 22 heavy (non-hydrogen) atoms. The van der Waals surface area contributed by atoms with Crippen LogP contribution >= 0.6 is 0 Å². The van der Waals surface area contributed by atoms with Gasteiger partial charge in [0.05, 0.1) is 11.4 Å². The van der Waals surface area contributed by atoms with Crippen LogP contribution < -0.4 is 16.1 Å². The summed E-state index contributed by atoms with van der Waals surface area (Å²) in [6.45, 7) is 0.784. The second kappa shape index (κ2) is 5.48. The summed E-state index contributed by atoms with van der Waals surface area (Å²) in [5.74, 6) is -0.179. The molecule has 0 saturated carbocycles. The molecule has 2 heterocycles. The van der Waals surface area contributed by atoms with Crippen molar-refractivity contribution in [2.75, 3.05) is 16.9 Å². The highest BCUT2D eigenvalue weighted by molar-refractivity contribution is 6.45. The van der Waals surface area contributed by atoms with Gasteiger partial charge in [0.25, 0.3) is 0 Å². The van der Waals surface area contributed by atoms with Gasteiger partial charge in [0.2, 0.25) is 11.6 Å². The van der Waals surface area contributed by atoms with Gasteiger partial charge in [-0.1, -0.05) is 0 Å². The number of aryl methyl sites for hydroxylation is 2. The van der Waals surface area contributed by atoms with Crippen LogP contribution in [-0.4, -0.2) is 24.0 Å².